The number of rotatable bonds is 9. The first-order valence-electron chi connectivity index (χ1n) is 6.29. The monoisotopic (exact) mass is 262 g/mol. The van der Waals surface area contributed by atoms with Gasteiger partial charge in [-0.3, -0.25) is 0 Å². The molecule has 5 heteroatoms. The van der Waals surface area contributed by atoms with Crippen LogP contribution in [-0.4, -0.2) is 21.2 Å². The second-order valence-electron chi connectivity index (χ2n) is 4.31. The summed E-state index contributed by atoms with van der Waals surface area (Å²) in [6, 6.07) is 0. The van der Waals surface area contributed by atoms with Crippen molar-refractivity contribution in [1.29, 1.82) is 0 Å². The summed E-state index contributed by atoms with van der Waals surface area (Å²) >= 11 is 0. The van der Waals surface area contributed by atoms with Crippen LogP contribution in [0.1, 0.15) is 43.8 Å². The van der Waals surface area contributed by atoms with Crippen LogP contribution in [0.15, 0.2) is 16.7 Å². The minimum atomic E-state index is -1.05. The summed E-state index contributed by atoms with van der Waals surface area (Å²) < 4.78 is 4.97. The van der Waals surface area contributed by atoms with E-state index in [0.717, 1.165) is 38.5 Å². The van der Waals surface area contributed by atoms with Crippen molar-refractivity contribution in [2.75, 3.05) is 0 Å². The van der Waals surface area contributed by atoms with Crippen LogP contribution in [0.25, 0.3) is 0 Å². The van der Waals surface area contributed by atoms with E-state index in [1.54, 1.807) is 0 Å². The largest absolute Gasteiger partial charge is 0.478 e. The first-order chi connectivity index (χ1) is 9.13. The molecular formula is C14H18N2O3. The Balaban J connectivity index is 2.25. The molecule has 0 aliphatic carbocycles. The molecule has 1 rings (SSSR count). The summed E-state index contributed by atoms with van der Waals surface area (Å²) in [7, 11) is 0. The van der Waals surface area contributed by atoms with Crippen molar-refractivity contribution in [1.82, 2.24) is 10.1 Å². The number of aromatic nitrogens is 2. The SMILES string of the molecule is C#CCCCCCCc1noc(CC(=C)C(=O)O)n1. The first kappa shape index (κ1) is 15.0. The molecule has 1 aromatic heterocycles. The number of hydrogen-bond donors (Lipinski definition) is 1. The lowest BCUT2D eigenvalue weighted by molar-refractivity contribution is -0.132. The average Bonchev–Trinajstić information content (AvgIpc) is 2.81. The molecule has 0 saturated carbocycles. The van der Waals surface area contributed by atoms with Gasteiger partial charge in [-0.15, -0.1) is 12.3 Å². The van der Waals surface area contributed by atoms with Gasteiger partial charge in [0, 0.05) is 18.4 Å². The highest BCUT2D eigenvalue weighted by molar-refractivity contribution is 5.86. The number of aryl methyl sites for hydroxylation is 1. The van der Waals surface area contributed by atoms with Crippen LogP contribution in [0.5, 0.6) is 0 Å². The maximum absolute atomic E-state index is 10.6. The van der Waals surface area contributed by atoms with Crippen molar-refractivity contribution < 1.29 is 14.4 Å². The molecule has 19 heavy (non-hydrogen) atoms. The minimum Gasteiger partial charge on any atom is -0.478 e. The van der Waals surface area contributed by atoms with E-state index in [1.807, 2.05) is 0 Å². The Kier molecular flexibility index (Phi) is 6.37. The molecule has 0 spiro atoms. The maximum Gasteiger partial charge on any atom is 0.331 e. The number of carbonyl (C=O) groups is 1. The molecule has 0 radical (unpaired) electrons. The number of hydrogen-bond acceptors (Lipinski definition) is 4. The summed E-state index contributed by atoms with van der Waals surface area (Å²) in [5, 5.41) is 12.5. The maximum atomic E-state index is 10.6. The third kappa shape index (κ3) is 5.87. The zero-order valence-electron chi connectivity index (χ0n) is 10.9. The van der Waals surface area contributed by atoms with Crippen molar-refractivity contribution in [2.45, 2.75) is 44.9 Å². The van der Waals surface area contributed by atoms with Gasteiger partial charge in [-0.1, -0.05) is 24.6 Å². The predicted molar refractivity (Wildman–Crippen MR) is 70.4 cm³/mol. The summed E-state index contributed by atoms with van der Waals surface area (Å²) in [5.41, 5.74) is 0.0458. The fourth-order valence-electron chi connectivity index (χ4n) is 1.59. The molecule has 1 N–H and O–H groups in total. The number of terminal acetylenes is 1. The highest BCUT2D eigenvalue weighted by Crippen LogP contribution is 2.09. The molecule has 0 fully saturated rings. The molecule has 0 bridgehead atoms. The lowest BCUT2D eigenvalue weighted by Gasteiger charge is -1.96. The van der Waals surface area contributed by atoms with Crippen molar-refractivity contribution in [3.63, 3.8) is 0 Å². The van der Waals surface area contributed by atoms with Crippen LogP contribution in [0.2, 0.25) is 0 Å². The number of unbranched alkanes of at least 4 members (excludes halogenated alkanes) is 4. The molecule has 5 nitrogen and oxygen atoms in total. The second-order valence-corrected chi connectivity index (χ2v) is 4.31. The standard InChI is InChI=1S/C14H18N2O3/c1-3-4-5-6-7-8-9-12-15-13(19-16-12)10-11(2)14(17)18/h1H,2,4-10H2,(H,17,18). The van der Waals surface area contributed by atoms with Crippen LogP contribution in [0, 0.1) is 12.3 Å². The molecular weight excluding hydrogens is 244 g/mol. The molecule has 0 atom stereocenters. The third-order valence-corrected chi connectivity index (χ3v) is 2.65. The van der Waals surface area contributed by atoms with E-state index >= 15 is 0 Å². The van der Waals surface area contributed by atoms with E-state index in [0.29, 0.717) is 11.7 Å². The fraction of sp³-hybridized carbons (Fsp3) is 0.500. The Morgan fingerprint density at radius 3 is 2.79 bits per heavy atom. The van der Waals surface area contributed by atoms with E-state index < -0.39 is 5.97 Å². The van der Waals surface area contributed by atoms with E-state index in [9.17, 15) is 4.79 Å². The Morgan fingerprint density at radius 2 is 2.11 bits per heavy atom. The van der Waals surface area contributed by atoms with Crippen LogP contribution in [-0.2, 0) is 17.6 Å². The Hall–Kier alpha value is -2.09. The molecule has 0 aromatic carbocycles. The molecule has 0 saturated heterocycles. The van der Waals surface area contributed by atoms with Gasteiger partial charge < -0.3 is 9.63 Å². The number of carboxylic acids is 1. The van der Waals surface area contributed by atoms with Crippen LogP contribution >= 0.6 is 0 Å². The van der Waals surface area contributed by atoms with Crippen molar-refractivity contribution >= 4 is 5.97 Å². The number of carboxylic acid groups (broad SMARTS) is 1. The van der Waals surface area contributed by atoms with Gasteiger partial charge in [-0.25, -0.2) is 4.79 Å². The summed E-state index contributed by atoms with van der Waals surface area (Å²) in [6.45, 7) is 3.42. The van der Waals surface area contributed by atoms with Crippen molar-refractivity contribution in [3.05, 3.63) is 23.9 Å². The average molecular weight is 262 g/mol. The lowest BCUT2D eigenvalue weighted by atomic mass is 10.1. The third-order valence-electron chi connectivity index (χ3n) is 2.65. The normalized spacial score (nSPS) is 10.1. The van der Waals surface area contributed by atoms with E-state index in [2.05, 4.69) is 22.6 Å². The molecule has 1 heterocycles. The van der Waals surface area contributed by atoms with Crippen LogP contribution in [0.3, 0.4) is 0 Å². The van der Waals surface area contributed by atoms with Gasteiger partial charge in [0.05, 0.1) is 6.42 Å². The van der Waals surface area contributed by atoms with Crippen molar-refractivity contribution in [3.8, 4) is 12.3 Å². The van der Waals surface area contributed by atoms with Gasteiger partial charge in [0.25, 0.3) is 0 Å². The molecule has 0 amide bonds. The summed E-state index contributed by atoms with van der Waals surface area (Å²) in [4.78, 5) is 14.7. The topological polar surface area (TPSA) is 76.2 Å². The van der Waals surface area contributed by atoms with Gasteiger partial charge in [-0.05, 0) is 12.8 Å². The van der Waals surface area contributed by atoms with Gasteiger partial charge in [0.2, 0.25) is 5.89 Å². The zero-order chi connectivity index (χ0) is 14.1. The minimum absolute atomic E-state index is 0.0458. The fourth-order valence-corrected chi connectivity index (χ4v) is 1.59. The van der Waals surface area contributed by atoms with Crippen LogP contribution < -0.4 is 0 Å². The van der Waals surface area contributed by atoms with E-state index in [4.69, 9.17) is 16.1 Å². The molecule has 0 aliphatic rings. The van der Waals surface area contributed by atoms with E-state index in [1.165, 1.54) is 0 Å². The Labute approximate surface area is 112 Å². The predicted octanol–water partition coefficient (Wildman–Crippen LogP) is 2.38. The summed E-state index contributed by atoms with van der Waals surface area (Å²) in [5.74, 6) is 2.48. The lowest BCUT2D eigenvalue weighted by Crippen LogP contribution is -2.02. The molecule has 102 valence electrons. The number of aliphatic carboxylic acids is 1. The summed E-state index contributed by atoms with van der Waals surface area (Å²) in [6.07, 6.45) is 11.0. The quantitative estimate of drug-likeness (QED) is 0.420. The first-order valence-corrected chi connectivity index (χ1v) is 6.29. The van der Waals surface area contributed by atoms with Crippen molar-refractivity contribution in [2.24, 2.45) is 0 Å². The molecule has 1 aromatic rings. The molecule has 0 unspecified atom stereocenters. The highest BCUT2D eigenvalue weighted by Gasteiger charge is 2.11. The Bertz CT molecular complexity index is 471. The number of nitrogens with zero attached hydrogens (tertiary/aromatic N) is 2. The van der Waals surface area contributed by atoms with Gasteiger partial charge in [0.15, 0.2) is 5.82 Å². The smallest absolute Gasteiger partial charge is 0.331 e. The zero-order valence-corrected chi connectivity index (χ0v) is 10.9. The van der Waals surface area contributed by atoms with E-state index in [-0.39, 0.29) is 12.0 Å². The van der Waals surface area contributed by atoms with Gasteiger partial charge in [0.1, 0.15) is 0 Å². The Morgan fingerprint density at radius 1 is 1.37 bits per heavy atom. The van der Waals surface area contributed by atoms with Gasteiger partial charge >= 0.3 is 5.97 Å². The molecule has 0 aliphatic heterocycles. The van der Waals surface area contributed by atoms with Gasteiger partial charge in [-0.2, -0.15) is 4.98 Å². The highest BCUT2D eigenvalue weighted by atomic mass is 16.5. The van der Waals surface area contributed by atoms with Crippen LogP contribution in [0.4, 0.5) is 0 Å². The second kappa shape index (κ2) is 8.09.